The van der Waals surface area contributed by atoms with Crippen LogP contribution in [0.25, 0.3) is 0 Å². The number of allylic oxidation sites excluding steroid dienone is 3. The highest BCUT2D eigenvalue weighted by Gasteiger charge is 1.84. The predicted molar refractivity (Wildman–Crippen MR) is 45.9 cm³/mol. The lowest BCUT2D eigenvalue weighted by atomic mass is 10.4. The van der Waals surface area contributed by atoms with Crippen molar-refractivity contribution in [3.05, 3.63) is 24.4 Å². The van der Waals surface area contributed by atoms with E-state index >= 15 is 0 Å². The fraction of sp³-hybridized carbons (Fsp3) is 0.222. The number of hydrogen-bond donors (Lipinski definition) is 0. The molecule has 0 aromatic heterocycles. The Hall–Kier alpha value is -1.29. The van der Waals surface area contributed by atoms with E-state index in [4.69, 9.17) is 6.42 Å². The summed E-state index contributed by atoms with van der Waals surface area (Å²) in [4.78, 5) is 4.06. The topological polar surface area (TPSA) is 12.4 Å². The van der Waals surface area contributed by atoms with Crippen LogP contribution >= 0.6 is 0 Å². The van der Waals surface area contributed by atoms with Gasteiger partial charge < -0.3 is 0 Å². The minimum atomic E-state index is 0.650. The molecule has 0 heterocycles. The lowest BCUT2D eigenvalue weighted by Crippen LogP contribution is -1.83. The minimum Gasteiger partial charge on any atom is -0.245 e. The molecule has 0 aliphatic heterocycles. The van der Waals surface area contributed by atoms with E-state index in [1.165, 1.54) is 0 Å². The summed E-state index contributed by atoms with van der Waals surface area (Å²) in [5, 5.41) is 0. The summed E-state index contributed by atoms with van der Waals surface area (Å²) in [5.74, 6) is 2.44. The second-order valence-corrected chi connectivity index (χ2v) is 1.78. The maximum atomic E-state index is 5.13. The van der Waals surface area contributed by atoms with Crippen LogP contribution in [0.2, 0.25) is 0 Å². The zero-order valence-electron chi connectivity index (χ0n) is 6.39. The Bertz CT molecular complexity index is 213. The largest absolute Gasteiger partial charge is 0.245 e. The second kappa shape index (κ2) is 4.58. The number of rotatable bonds is 2. The molecular formula is C9H11N. The Morgan fingerprint density at radius 1 is 1.70 bits per heavy atom. The summed E-state index contributed by atoms with van der Waals surface area (Å²) >= 11 is 0. The first-order valence-electron chi connectivity index (χ1n) is 3.05. The highest BCUT2D eigenvalue weighted by atomic mass is 14.7. The maximum Gasteiger partial charge on any atom is 0.108 e. The SMILES string of the molecule is C#C/C(=C/C)N=C(C)C=C. The van der Waals surface area contributed by atoms with Crippen molar-refractivity contribution in [1.82, 2.24) is 0 Å². The molecule has 0 bridgehead atoms. The molecule has 0 rings (SSSR count). The standard InChI is InChI=1S/C9H11N/c1-5-8(4)10-9(6-2)7-3/h2,5,7H,1H2,3-4H3/b9-7-,10-8?. The molecule has 0 aliphatic carbocycles. The van der Waals surface area contributed by atoms with Crippen LogP contribution in [-0.2, 0) is 0 Å². The Kier molecular flexibility index (Phi) is 3.99. The quantitative estimate of drug-likeness (QED) is 0.404. The molecule has 0 radical (unpaired) electrons. The highest BCUT2D eigenvalue weighted by molar-refractivity contribution is 5.93. The molecule has 0 N–H and O–H groups in total. The van der Waals surface area contributed by atoms with Crippen molar-refractivity contribution in [3.63, 3.8) is 0 Å². The zero-order chi connectivity index (χ0) is 7.98. The molecule has 0 amide bonds. The molecule has 0 aromatic rings. The van der Waals surface area contributed by atoms with Gasteiger partial charge in [0.15, 0.2) is 0 Å². The highest BCUT2D eigenvalue weighted by Crippen LogP contribution is 1.94. The third kappa shape index (κ3) is 2.88. The van der Waals surface area contributed by atoms with E-state index in [0.29, 0.717) is 5.70 Å². The van der Waals surface area contributed by atoms with Crippen LogP contribution in [0.15, 0.2) is 29.4 Å². The van der Waals surface area contributed by atoms with Crippen molar-refractivity contribution >= 4 is 5.71 Å². The monoisotopic (exact) mass is 133 g/mol. The lowest BCUT2D eigenvalue weighted by Gasteiger charge is -1.89. The zero-order valence-corrected chi connectivity index (χ0v) is 6.39. The molecule has 1 nitrogen and oxygen atoms in total. The molecule has 0 fully saturated rings. The molecule has 0 unspecified atom stereocenters. The number of nitrogens with zero attached hydrogens (tertiary/aromatic N) is 1. The van der Waals surface area contributed by atoms with Gasteiger partial charge in [0.25, 0.3) is 0 Å². The van der Waals surface area contributed by atoms with E-state index < -0.39 is 0 Å². The van der Waals surface area contributed by atoms with E-state index in [1.54, 1.807) is 12.2 Å². The normalized spacial score (nSPS) is 12.5. The van der Waals surface area contributed by atoms with Gasteiger partial charge in [-0.15, -0.1) is 6.42 Å². The van der Waals surface area contributed by atoms with E-state index in [1.807, 2.05) is 13.8 Å². The van der Waals surface area contributed by atoms with Gasteiger partial charge in [-0.1, -0.05) is 18.6 Å². The molecule has 0 saturated heterocycles. The van der Waals surface area contributed by atoms with Crippen LogP contribution in [0.4, 0.5) is 0 Å². The van der Waals surface area contributed by atoms with Crippen molar-refractivity contribution < 1.29 is 0 Å². The maximum absolute atomic E-state index is 5.13. The van der Waals surface area contributed by atoms with E-state index in [-0.39, 0.29) is 0 Å². The Balaban J connectivity index is 4.41. The molecule has 0 atom stereocenters. The fourth-order valence-corrected chi connectivity index (χ4v) is 0.416. The van der Waals surface area contributed by atoms with Crippen LogP contribution in [0, 0.1) is 12.3 Å². The van der Waals surface area contributed by atoms with Gasteiger partial charge in [0.05, 0.1) is 0 Å². The number of aliphatic imine (C=N–C) groups is 1. The van der Waals surface area contributed by atoms with E-state index in [2.05, 4.69) is 17.5 Å². The van der Waals surface area contributed by atoms with Crippen molar-refractivity contribution in [2.24, 2.45) is 4.99 Å². The summed E-state index contributed by atoms with van der Waals surface area (Å²) in [6, 6.07) is 0. The van der Waals surface area contributed by atoms with Gasteiger partial charge in [0.2, 0.25) is 0 Å². The van der Waals surface area contributed by atoms with Crippen LogP contribution in [0.1, 0.15) is 13.8 Å². The summed E-state index contributed by atoms with van der Waals surface area (Å²) in [7, 11) is 0. The third-order valence-electron chi connectivity index (χ3n) is 1.01. The predicted octanol–water partition coefficient (Wildman–Crippen LogP) is 2.17. The van der Waals surface area contributed by atoms with Crippen LogP contribution in [0.5, 0.6) is 0 Å². The van der Waals surface area contributed by atoms with Crippen LogP contribution < -0.4 is 0 Å². The summed E-state index contributed by atoms with van der Waals surface area (Å²) in [6.07, 6.45) is 8.58. The Morgan fingerprint density at radius 2 is 2.30 bits per heavy atom. The average molecular weight is 133 g/mol. The number of terminal acetylenes is 1. The van der Waals surface area contributed by atoms with Gasteiger partial charge in [0.1, 0.15) is 5.70 Å². The van der Waals surface area contributed by atoms with Gasteiger partial charge in [-0.05, 0) is 19.9 Å². The first-order valence-corrected chi connectivity index (χ1v) is 3.05. The molecule has 10 heavy (non-hydrogen) atoms. The smallest absolute Gasteiger partial charge is 0.108 e. The van der Waals surface area contributed by atoms with Crippen molar-refractivity contribution in [2.75, 3.05) is 0 Å². The van der Waals surface area contributed by atoms with Crippen molar-refractivity contribution in [2.45, 2.75) is 13.8 Å². The van der Waals surface area contributed by atoms with Gasteiger partial charge in [-0.3, -0.25) is 0 Å². The summed E-state index contributed by atoms with van der Waals surface area (Å²) < 4.78 is 0. The number of hydrogen-bond acceptors (Lipinski definition) is 1. The van der Waals surface area contributed by atoms with E-state index in [0.717, 1.165) is 5.71 Å². The third-order valence-corrected chi connectivity index (χ3v) is 1.01. The molecule has 0 saturated carbocycles. The molecule has 52 valence electrons. The molecular weight excluding hydrogens is 122 g/mol. The Morgan fingerprint density at radius 3 is 2.60 bits per heavy atom. The molecule has 1 heteroatoms. The summed E-state index contributed by atoms with van der Waals surface area (Å²) in [5.41, 5.74) is 1.49. The summed E-state index contributed by atoms with van der Waals surface area (Å²) in [6.45, 7) is 7.27. The molecule has 0 spiro atoms. The van der Waals surface area contributed by atoms with Gasteiger partial charge >= 0.3 is 0 Å². The van der Waals surface area contributed by atoms with Gasteiger partial charge in [-0.25, -0.2) is 4.99 Å². The van der Waals surface area contributed by atoms with Gasteiger partial charge in [-0.2, -0.15) is 0 Å². The molecule has 0 aromatic carbocycles. The first-order chi connectivity index (χ1) is 4.74. The first kappa shape index (κ1) is 8.71. The second-order valence-electron chi connectivity index (χ2n) is 1.78. The van der Waals surface area contributed by atoms with E-state index in [9.17, 15) is 0 Å². The van der Waals surface area contributed by atoms with Crippen molar-refractivity contribution in [1.29, 1.82) is 0 Å². The van der Waals surface area contributed by atoms with Crippen molar-refractivity contribution in [3.8, 4) is 12.3 Å². The fourth-order valence-electron chi connectivity index (χ4n) is 0.416. The lowest BCUT2D eigenvalue weighted by molar-refractivity contribution is 1.41. The molecule has 0 aliphatic rings. The van der Waals surface area contributed by atoms with Crippen LogP contribution in [0.3, 0.4) is 0 Å². The Labute approximate surface area is 62.2 Å². The van der Waals surface area contributed by atoms with Gasteiger partial charge in [0, 0.05) is 5.71 Å². The average Bonchev–Trinajstić information content (AvgIpc) is 1.99. The van der Waals surface area contributed by atoms with Crippen LogP contribution in [-0.4, -0.2) is 5.71 Å². The minimum absolute atomic E-state index is 0.650.